The molecule has 3 heteroatoms. The molecule has 7 aromatic carbocycles. The minimum Gasteiger partial charge on any atom is -0.274 e. The quantitative estimate of drug-likeness (QED) is 0.130. The van der Waals surface area contributed by atoms with Crippen molar-refractivity contribution < 1.29 is 0 Å². The molecule has 0 aliphatic rings. The first-order valence-corrected chi connectivity index (χ1v) is 16.7. The molecule has 0 fully saturated rings. The highest BCUT2D eigenvalue weighted by Crippen LogP contribution is 2.37. The highest BCUT2D eigenvalue weighted by Gasteiger charge is 2.21. The lowest BCUT2D eigenvalue weighted by Gasteiger charge is -2.17. The number of aromatic nitrogens is 3. The number of aryl methyl sites for hydroxylation is 2. The van der Waals surface area contributed by atoms with Gasteiger partial charge in [-0.15, -0.1) is 10.2 Å². The number of fused-ring (bicyclic) bond motifs is 2. The Labute approximate surface area is 287 Å². The van der Waals surface area contributed by atoms with Crippen molar-refractivity contribution in [2.75, 3.05) is 0 Å². The maximum absolute atomic E-state index is 4.87. The second kappa shape index (κ2) is 13.1. The minimum atomic E-state index is 0.800. The first kappa shape index (κ1) is 30.0. The molecule has 0 aliphatic carbocycles. The van der Waals surface area contributed by atoms with Crippen LogP contribution < -0.4 is 0 Å². The lowest BCUT2D eigenvalue weighted by atomic mass is 10.00. The van der Waals surface area contributed by atoms with Crippen molar-refractivity contribution in [1.82, 2.24) is 14.8 Å². The Kier molecular flexibility index (Phi) is 8.01. The number of hydrogen-bond acceptors (Lipinski definition) is 2. The zero-order chi connectivity index (χ0) is 33.2. The van der Waals surface area contributed by atoms with Crippen molar-refractivity contribution in [3.8, 4) is 28.5 Å². The summed E-state index contributed by atoms with van der Waals surface area (Å²) < 4.78 is 2.25. The van der Waals surface area contributed by atoms with Gasteiger partial charge in [-0.25, -0.2) is 0 Å². The predicted octanol–water partition coefficient (Wildman–Crippen LogP) is 11.9. The van der Waals surface area contributed by atoms with Gasteiger partial charge in [0, 0.05) is 21.9 Å². The average Bonchev–Trinajstić information content (AvgIpc) is 3.58. The van der Waals surface area contributed by atoms with E-state index in [0.29, 0.717) is 0 Å². The van der Waals surface area contributed by atoms with Crippen LogP contribution in [0.4, 0.5) is 0 Å². The molecule has 49 heavy (non-hydrogen) atoms. The summed E-state index contributed by atoms with van der Waals surface area (Å²) in [6.45, 7) is 4.22. The highest BCUT2D eigenvalue weighted by atomic mass is 15.3. The molecule has 3 nitrogen and oxygen atoms in total. The molecular weight excluding hydrogens is 595 g/mol. The standard InChI is InChI=1S/C46H35N3/c1-32-11-15-34(16-12-32)19-21-36-23-27-38(28-24-36)45-47-48-46(39-29-25-37(26-30-39)22-20-35-17-13-33(2)14-18-35)49(45)44-42-9-5-3-7-40(42)31-41-8-4-6-10-43(41)44/h3-31H,1-2H3/b21-19+,22-20+. The van der Waals surface area contributed by atoms with E-state index in [9.17, 15) is 0 Å². The topological polar surface area (TPSA) is 30.7 Å². The smallest absolute Gasteiger partial charge is 0.168 e. The van der Waals surface area contributed by atoms with E-state index in [1.54, 1.807) is 0 Å². The predicted molar refractivity (Wildman–Crippen MR) is 207 cm³/mol. The summed E-state index contributed by atoms with van der Waals surface area (Å²) in [5.74, 6) is 1.60. The lowest BCUT2D eigenvalue weighted by molar-refractivity contribution is 1.10. The second-order valence-corrected chi connectivity index (χ2v) is 12.6. The summed E-state index contributed by atoms with van der Waals surface area (Å²) >= 11 is 0. The van der Waals surface area contributed by atoms with Gasteiger partial charge >= 0.3 is 0 Å². The number of hydrogen-bond donors (Lipinski definition) is 0. The highest BCUT2D eigenvalue weighted by molar-refractivity contribution is 6.08. The van der Waals surface area contributed by atoms with Gasteiger partial charge in [0.15, 0.2) is 11.6 Å². The van der Waals surface area contributed by atoms with Gasteiger partial charge in [-0.3, -0.25) is 4.57 Å². The average molecular weight is 630 g/mol. The summed E-state index contributed by atoms with van der Waals surface area (Å²) in [5.41, 5.74) is 10.2. The second-order valence-electron chi connectivity index (χ2n) is 12.6. The molecule has 0 radical (unpaired) electrons. The third-order valence-electron chi connectivity index (χ3n) is 9.06. The SMILES string of the molecule is Cc1ccc(/C=C/c2ccc(-c3nnc(-c4ccc(/C=C/c5ccc(C)cc5)cc4)n3-c3c4ccccc4cc4ccccc34)cc2)cc1. The molecule has 1 aromatic heterocycles. The van der Waals surface area contributed by atoms with Gasteiger partial charge in [0.25, 0.3) is 0 Å². The molecule has 0 bridgehead atoms. The first-order chi connectivity index (χ1) is 24.1. The molecule has 234 valence electrons. The van der Waals surface area contributed by atoms with E-state index in [1.165, 1.54) is 33.0 Å². The minimum absolute atomic E-state index is 0.800. The summed E-state index contributed by atoms with van der Waals surface area (Å²) in [7, 11) is 0. The van der Waals surface area contributed by atoms with Crippen LogP contribution in [0.25, 0.3) is 74.3 Å². The van der Waals surface area contributed by atoms with Crippen LogP contribution in [-0.2, 0) is 0 Å². The molecule has 0 spiro atoms. The van der Waals surface area contributed by atoms with Crippen molar-refractivity contribution in [3.63, 3.8) is 0 Å². The van der Waals surface area contributed by atoms with E-state index in [-0.39, 0.29) is 0 Å². The zero-order valence-corrected chi connectivity index (χ0v) is 27.6. The van der Waals surface area contributed by atoms with Gasteiger partial charge < -0.3 is 0 Å². The van der Waals surface area contributed by atoms with E-state index < -0.39 is 0 Å². The van der Waals surface area contributed by atoms with E-state index in [1.807, 2.05) is 0 Å². The zero-order valence-electron chi connectivity index (χ0n) is 27.6. The van der Waals surface area contributed by atoms with Crippen molar-refractivity contribution in [2.45, 2.75) is 13.8 Å². The molecular formula is C46H35N3. The molecule has 0 aliphatic heterocycles. The summed E-state index contributed by atoms with van der Waals surface area (Å²) in [5, 5.41) is 14.4. The molecule has 1 heterocycles. The fraction of sp³-hybridized carbons (Fsp3) is 0.0435. The van der Waals surface area contributed by atoms with Crippen LogP contribution in [0.2, 0.25) is 0 Å². The Morgan fingerprint density at radius 3 is 1.14 bits per heavy atom. The van der Waals surface area contributed by atoms with E-state index >= 15 is 0 Å². The first-order valence-electron chi connectivity index (χ1n) is 16.7. The third kappa shape index (κ3) is 6.22. The lowest BCUT2D eigenvalue weighted by Crippen LogP contribution is -2.03. The number of nitrogens with zero attached hydrogens (tertiary/aromatic N) is 3. The molecule has 8 rings (SSSR count). The summed E-state index contributed by atoms with van der Waals surface area (Å²) in [6.07, 6.45) is 8.60. The van der Waals surface area contributed by atoms with Crippen LogP contribution in [0, 0.1) is 13.8 Å². The Morgan fingerprint density at radius 2 is 0.755 bits per heavy atom. The Balaban J connectivity index is 1.24. The largest absolute Gasteiger partial charge is 0.274 e. The maximum Gasteiger partial charge on any atom is 0.168 e. The maximum atomic E-state index is 4.87. The molecule has 0 N–H and O–H groups in total. The van der Waals surface area contributed by atoms with E-state index in [0.717, 1.165) is 50.4 Å². The fourth-order valence-corrected chi connectivity index (χ4v) is 6.33. The monoisotopic (exact) mass is 629 g/mol. The van der Waals surface area contributed by atoms with Crippen LogP contribution in [-0.4, -0.2) is 14.8 Å². The van der Waals surface area contributed by atoms with Gasteiger partial charge in [-0.1, -0.05) is 181 Å². The normalized spacial score (nSPS) is 11.7. The van der Waals surface area contributed by atoms with Gasteiger partial charge in [-0.05, 0) is 52.9 Å². The number of rotatable bonds is 7. The number of benzene rings is 7. The van der Waals surface area contributed by atoms with Gasteiger partial charge in [0.2, 0.25) is 0 Å². The van der Waals surface area contributed by atoms with E-state index in [2.05, 4.69) is 194 Å². The Hall–Kier alpha value is -6.32. The van der Waals surface area contributed by atoms with Crippen molar-refractivity contribution in [2.24, 2.45) is 0 Å². The van der Waals surface area contributed by atoms with Gasteiger partial charge in [0.1, 0.15) is 0 Å². The van der Waals surface area contributed by atoms with Gasteiger partial charge in [-0.2, -0.15) is 0 Å². The van der Waals surface area contributed by atoms with Crippen LogP contribution in [0.5, 0.6) is 0 Å². The summed E-state index contributed by atoms with van der Waals surface area (Å²) in [6, 6.07) is 53.7. The van der Waals surface area contributed by atoms with Crippen molar-refractivity contribution >= 4 is 45.8 Å². The van der Waals surface area contributed by atoms with Gasteiger partial charge in [0.05, 0.1) is 5.69 Å². The van der Waals surface area contributed by atoms with Crippen LogP contribution in [0.3, 0.4) is 0 Å². The molecule has 0 saturated heterocycles. The van der Waals surface area contributed by atoms with Crippen LogP contribution >= 0.6 is 0 Å². The molecule has 0 amide bonds. The molecule has 0 unspecified atom stereocenters. The molecule has 0 atom stereocenters. The van der Waals surface area contributed by atoms with Crippen molar-refractivity contribution in [3.05, 3.63) is 185 Å². The van der Waals surface area contributed by atoms with Crippen molar-refractivity contribution in [1.29, 1.82) is 0 Å². The Morgan fingerprint density at radius 1 is 0.408 bits per heavy atom. The van der Waals surface area contributed by atoms with Crippen LogP contribution in [0.15, 0.2) is 152 Å². The fourth-order valence-electron chi connectivity index (χ4n) is 6.33. The third-order valence-corrected chi connectivity index (χ3v) is 9.06. The van der Waals surface area contributed by atoms with Crippen LogP contribution in [0.1, 0.15) is 33.4 Å². The Bertz CT molecular complexity index is 2290. The summed E-state index contributed by atoms with van der Waals surface area (Å²) in [4.78, 5) is 0. The van der Waals surface area contributed by atoms with E-state index in [4.69, 9.17) is 10.2 Å². The molecule has 0 saturated carbocycles. The molecule has 8 aromatic rings.